The highest BCUT2D eigenvalue weighted by molar-refractivity contribution is 5.89. The van der Waals surface area contributed by atoms with E-state index in [9.17, 15) is 4.79 Å². The molecule has 5 heteroatoms. The van der Waals surface area contributed by atoms with Gasteiger partial charge in [-0.25, -0.2) is 4.79 Å². The minimum atomic E-state index is -0.0699. The van der Waals surface area contributed by atoms with Crippen molar-refractivity contribution in [1.29, 1.82) is 0 Å². The zero-order valence-corrected chi connectivity index (χ0v) is 11.3. The molecule has 5 nitrogen and oxygen atoms in total. The van der Waals surface area contributed by atoms with Gasteiger partial charge < -0.3 is 15.0 Å². The van der Waals surface area contributed by atoms with Crippen LogP contribution in [0.15, 0.2) is 30.3 Å². The molecule has 19 heavy (non-hydrogen) atoms. The van der Waals surface area contributed by atoms with E-state index in [0.717, 1.165) is 45.1 Å². The Labute approximate surface area is 114 Å². The topological polar surface area (TPSA) is 44.8 Å². The average Bonchev–Trinajstić information content (AvgIpc) is 2.47. The highest BCUT2D eigenvalue weighted by Gasteiger charge is 2.13. The van der Waals surface area contributed by atoms with E-state index in [0.29, 0.717) is 0 Å². The van der Waals surface area contributed by atoms with Gasteiger partial charge in [0.2, 0.25) is 0 Å². The van der Waals surface area contributed by atoms with Gasteiger partial charge in [0, 0.05) is 38.9 Å². The molecule has 0 aromatic heterocycles. The molecule has 1 saturated heterocycles. The minimum Gasteiger partial charge on any atom is -0.379 e. The van der Waals surface area contributed by atoms with Crippen molar-refractivity contribution in [2.24, 2.45) is 0 Å². The first-order chi connectivity index (χ1) is 9.25. The van der Waals surface area contributed by atoms with Gasteiger partial charge in [0.15, 0.2) is 0 Å². The molecule has 0 radical (unpaired) electrons. The molecule has 0 aliphatic carbocycles. The Hall–Kier alpha value is -1.59. The number of anilines is 1. The Kier molecular flexibility index (Phi) is 5.18. The summed E-state index contributed by atoms with van der Waals surface area (Å²) in [6, 6.07) is 9.44. The largest absolute Gasteiger partial charge is 0.379 e. The lowest BCUT2D eigenvalue weighted by molar-refractivity contribution is 0.0359. The lowest BCUT2D eigenvalue weighted by Gasteiger charge is -2.28. The zero-order valence-electron chi connectivity index (χ0n) is 11.3. The number of ether oxygens (including phenoxy) is 1. The molecule has 1 aliphatic rings. The first-order valence-corrected chi connectivity index (χ1v) is 6.63. The normalized spacial score (nSPS) is 16.1. The fourth-order valence-electron chi connectivity index (χ4n) is 1.96. The zero-order chi connectivity index (χ0) is 13.5. The van der Waals surface area contributed by atoms with Crippen molar-refractivity contribution in [3.63, 3.8) is 0 Å². The van der Waals surface area contributed by atoms with Crippen molar-refractivity contribution in [2.45, 2.75) is 0 Å². The number of hydrogen-bond acceptors (Lipinski definition) is 3. The van der Waals surface area contributed by atoms with Crippen LogP contribution in [0, 0.1) is 0 Å². The lowest BCUT2D eigenvalue weighted by atomic mass is 10.3. The molecule has 0 saturated carbocycles. The third-order valence-corrected chi connectivity index (χ3v) is 3.23. The number of urea groups is 1. The number of carbonyl (C=O) groups excluding carboxylic acids is 1. The van der Waals surface area contributed by atoms with E-state index >= 15 is 0 Å². The Bertz CT molecular complexity index is 391. The summed E-state index contributed by atoms with van der Waals surface area (Å²) in [7, 11) is 1.82. The van der Waals surface area contributed by atoms with Crippen LogP contribution in [0.5, 0.6) is 0 Å². The van der Waals surface area contributed by atoms with Gasteiger partial charge >= 0.3 is 6.03 Å². The van der Waals surface area contributed by atoms with Crippen LogP contribution in [0.2, 0.25) is 0 Å². The molecule has 2 rings (SSSR count). The summed E-state index contributed by atoms with van der Waals surface area (Å²) < 4.78 is 5.30. The number of hydrogen-bond donors (Lipinski definition) is 1. The molecule has 1 fully saturated rings. The van der Waals surface area contributed by atoms with E-state index in [2.05, 4.69) is 10.2 Å². The van der Waals surface area contributed by atoms with Crippen molar-refractivity contribution >= 4 is 11.7 Å². The summed E-state index contributed by atoms with van der Waals surface area (Å²) >= 11 is 0. The number of carbonyl (C=O) groups is 1. The predicted molar refractivity (Wildman–Crippen MR) is 75.3 cm³/mol. The molecule has 0 spiro atoms. The minimum absolute atomic E-state index is 0.0699. The Balaban J connectivity index is 1.73. The monoisotopic (exact) mass is 263 g/mol. The number of rotatable bonds is 4. The molecule has 104 valence electrons. The van der Waals surface area contributed by atoms with Crippen molar-refractivity contribution < 1.29 is 9.53 Å². The highest BCUT2D eigenvalue weighted by Crippen LogP contribution is 2.06. The first kappa shape index (κ1) is 13.8. The van der Waals surface area contributed by atoms with Crippen LogP contribution in [0.3, 0.4) is 0 Å². The van der Waals surface area contributed by atoms with E-state index in [-0.39, 0.29) is 6.03 Å². The summed E-state index contributed by atoms with van der Waals surface area (Å²) in [6.07, 6.45) is 0. The van der Waals surface area contributed by atoms with Gasteiger partial charge in [-0.05, 0) is 12.1 Å². The van der Waals surface area contributed by atoms with Crippen LogP contribution in [-0.2, 0) is 4.74 Å². The number of benzene rings is 1. The van der Waals surface area contributed by atoms with Gasteiger partial charge in [0.05, 0.1) is 13.2 Å². The summed E-state index contributed by atoms with van der Waals surface area (Å²) in [5.74, 6) is 0. The molecule has 1 N–H and O–H groups in total. The van der Waals surface area contributed by atoms with Crippen molar-refractivity contribution in [2.75, 3.05) is 51.8 Å². The standard InChI is InChI=1S/C14H21N3O2/c1-16(7-8-17-9-11-19-12-10-17)14(18)15-13-5-3-2-4-6-13/h2-6H,7-12H2,1H3,(H,15,18). The van der Waals surface area contributed by atoms with Gasteiger partial charge in [-0.2, -0.15) is 0 Å². The molecular weight excluding hydrogens is 242 g/mol. The summed E-state index contributed by atoms with van der Waals surface area (Å²) in [5, 5.41) is 2.87. The summed E-state index contributed by atoms with van der Waals surface area (Å²) in [5.41, 5.74) is 0.825. The van der Waals surface area contributed by atoms with Gasteiger partial charge in [0.1, 0.15) is 0 Å². The predicted octanol–water partition coefficient (Wildman–Crippen LogP) is 1.48. The third kappa shape index (κ3) is 4.54. The quantitative estimate of drug-likeness (QED) is 0.895. The van der Waals surface area contributed by atoms with Crippen molar-refractivity contribution in [3.8, 4) is 0 Å². The highest BCUT2D eigenvalue weighted by atomic mass is 16.5. The van der Waals surface area contributed by atoms with E-state index in [4.69, 9.17) is 4.74 Å². The lowest BCUT2D eigenvalue weighted by Crippen LogP contribution is -2.42. The molecule has 1 aromatic carbocycles. The molecular formula is C14H21N3O2. The Morgan fingerprint density at radius 1 is 1.32 bits per heavy atom. The van der Waals surface area contributed by atoms with Crippen LogP contribution >= 0.6 is 0 Å². The molecule has 0 unspecified atom stereocenters. The SMILES string of the molecule is CN(CCN1CCOCC1)C(=O)Nc1ccccc1. The molecule has 1 aliphatic heterocycles. The first-order valence-electron chi connectivity index (χ1n) is 6.63. The Morgan fingerprint density at radius 3 is 2.68 bits per heavy atom. The molecule has 1 heterocycles. The van der Waals surface area contributed by atoms with Crippen LogP contribution in [0.1, 0.15) is 0 Å². The van der Waals surface area contributed by atoms with Gasteiger partial charge in [-0.3, -0.25) is 4.90 Å². The maximum atomic E-state index is 12.0. The Morgan fingerprint density at radius 2 is 2.00 bits per heavy atom. The summed E-state index contributed by atoms with van der Waals surface area (Å²) in [6.45, 7) is 5.10. The second kappa shape index (κ2) is 7.11. The molecule has 0 bridgehead atoms. The molecule has 1 aromatic rings. The van der Waals surface area contributed by atoms with Gasteiger partial charge in [-0.15, -0.1) is 0 Å². The average molecular weight is 263 g/mol. The van der Waals surface area contributed by atoms with E-state index in [1.54, 1.807) is 4.90 Å². The van der Waals surface area contributed by atoms with Crippen molar-refractivity contribution in [1.82, 2.24) is 9.80 Å². The van der Waals surface area contributed by atoms with Gasteiger partial charge in [-0.1, -0.05) is 18.2 Å². The number of nitrogens with zero attached hydrogens (tertiary/aromatic N) is 2. The van der Waals surface area contributed by atoms with E-state index < -0.39 is 0 Å². The third-order valence-electron chi connectivity index (χ3n) is 3.23. The number of morpholine rings is 1. The molecule has 0 atom stereocenters. The fraction of sp³-hybridized carbons (Fsp3) is 0.500. The smallest absolute Gasteiger partial charge is 0.321 e. The molecule has 2 amide bonds. The van der Waals surface area contributed by atoms with Crippen LogP contribution in [0.25, 0.3) is 0 Å². The van der Waals surface area contributed by atoms with E-state index in [1.807, 2.05) is 37.4 Å². The van der Waals surface area contributed by atoms with Crippen LogP contribution in [0.4, 0.5) is 10.5 Å². The number of para-hydroxylation sites is 1. The number of amides is 2. The van der Waals surface area contributed by atoms with Crippen molar-refractivity contribution in [3.05, 3.63) is 30.3 Å². The maximum absolute atomic E-state index is 12.0. The summed E-state index contributed by atoms with van der Waals surface area (Å²) in [4.78, 5) is 16.0. The fourth-order valence-corrected chi connectivity index (χ4v) is 1.96. The van der Waals surface area contributed by atoms with Gasteiger partial charge in [0.25, 0.3) is 0 Å². The van der Waals surface area contributed by atoms with Crippen LogP contribution < -0.4 is 5.32 Å². The number of nitrogens with one attached hydrogen (secondary N) is 1. The number of likely N-dealkylation sites (N-methyl/N-ethyl adjacent to an activating group) is 1. The second-order valence-corrected chi connectivity index (χ2v) is 4.67. The second-order valence-electron chi connectivity index (χ2n) is 4.67. The van der Waals surface area contributed by atoms with E-state index in [1.165, 1.54) is 0 Å². The van der Waals surface area contributed by atoms with Crippen LogP contribution in [-0.4, -0.2) is 62.3 Å². The maximum Gasteiger partial charge on any atom is 0.321 e.